The van der Waals surface area contributed by atoms with Crippen LogP contribution in [0.25, 0.3) is 4.72 Å². The van der Waals surface area contributed by atoms with Crippen LogP contribution in [-0.2, 0) is 10.0 Å². The maximum absolute atomic E-state index is 12.3. The first-order valence-electron chi connectivity index (χ1n) is 6.12. The average Bonchev–Trinajstić information content (AvgIpc) is 2.43. The summed E-state index contributed by atoms with van der Waals surface area (Å²) in [6.45, 7) is 3.74. The fourth-order valence-electron chi connectivity index (χ4n) is 1.75. The largest absolute Gasteiger partial charge is 0.572 e. The Morgan fingerprint density at radius 1 is 1.00 bits per heavy atom. The Bertz CT molecular complexity index is 706. The Balaban J connectivity index is 2.32. The van der Waals surface area contributed by atoms with Crippen LogP contribution in [0.15, 0.2) is 47.4 Å². The number of methoxy groups -OCH3 is 1. The summed E-state index contributed by atoms with van der Waals surface area (Å²) in [6, 6.07) is 11.7. The van der Waals surface area contributed by atoms with Gasteiger partial charge in [0, 0.05) is 0 Å². The number of benzene rings is 2. The van der Waals surface area contributed by atoms with E-state index in [9.17, 15) is 8.42 Å². The van der Waals surface area contributed by atoms with Crippen molar-refractivity contribution in [2.24, 2.45) is 0 Å². The fraction of sp³-hybridized carbons (Fsp3) is 0.200. The van der Waals surface area contributed by atoms with Crippen molar-refractivity contribution in [3.63, 3.8) is 0 Å². The molecule has 0 saturated heterocycles. The zero-order chi connectivity index (χ0) is 14.8. The van der Waals surface area contributed by atoms with Gasteiger partial charge in [-0.2, -0.15) is 0 Å². The lowest BCUT2D eigenvalue weighted by Gasteiger charge is -2.24. The quantitative estimate of drug-likeness (QED) is 0.862. The maximum Gasteiger partial charge on any atom is 0.123 e. The molecule has 0 aliphatic carbocycles. The molecular weight excluding hydrogens is 274 g/mol. The van der Waals surface area contributed by atoms with Crippen LogP contribution < -0.4 is 4.74 Å². The van der Waals surface area contributed by atoms with Gasteiger partial charge < -0.3 is 9.46 Å². The Labute approximate surface area is 119 Å². The lowest BCUT2D eigenvalue weighted by molar-refractivity contribution is 0.414. The van der Waals surface area contributed by atoms with Gasteiger partial charge in [0.15, 0.2) is 0 Å². The van der Waals surface area contributed by atoms with Crippen molar-refractivity contribution in [2.75, 3.05) is 7.11 Å². The lowest BCUT2D eigenvalue weighted by atomic mass is 10.1. The molecule has 0 unspecified atom stereocenters. The first kappa shape index (κ1) is 14.4. The molecule has 106 valence electrons. The maximum atomic E-state index is 12.3. The Morgan fingerprint density at radius 2 is 1.65 bits per heavy atom. The van der Waals surface area contributed by atoms with E-state index in [1.807, 2.05) is 26.0 Å². The van der Waals surface area contributed by atoms with Crippen LogP contribution in [0.4, 0.5) is 5.69 Å². The van der Waals surface area contributed by atoms with Gasteiger partial charge in [0.05, 0.1) is 12.0 Å². The van der Waals surface area contributed by atoms with Crippen molar-refractivity contribution < 1.29 is 13.2 Å². The van der Waals surface area contributed by atoms with Crippen molar-refractivity contribution in [2.45, 2.75) is 18.7 Å². The number of hydrogen-bond donors (Lipinski definition) is 0. The standard InChI is InChI=1S/C15H16NO3S/c1-11-4-5-12(2)15(10-11)16-20(17,18)14-8-6-13(19-3)7-9-14/h4-10H,1-3H3/q-1. The summed E-state index contributed by atoms with van der Waals surface area (Å²) in [5.74, 6) is 0.607. The van der Waals surface area contributed by atoms with Crippen molar-refractivity contribution >= 4 is 15.7 Å². The zero-order valence-electron chi connectivity index (χ0n) is 11.6. The van der Waals surface area contributed by atoms with E-state index in [2.05, 4.69) is 4.72 Å². The summed E-state index contributed by atoms with van der Waals surface area (Å²) >= 11 is 0. The van der Waals surface area contributed by atoms with Gasteiger partial charge in [-0.05, 0) is 38.1 Å². The molecule has 0 aliphatic heterocycles. The molecule has 2 rings (SSSR count). The minimum Gasteiger partial charge on any atom is -0.572 e. The third kappa shape index (κ3) is 3.11. The second-order valence-corrected chi connectivity index (χ2v) is 6.14. The van der Waals surface area contributed by atoms with Crippen LogP contribution in [0.1, 0.15) is 11.1 Å². The summed E-state index contributed by atoms with van der Waals surface area (Å²) in [7, 11) is -2.18. The molecular formula is C15H16NO3S-. The topological polar surface area (TPSA) is 57.5 Å². The van der Waals surface area contributed by atoms with Crippen LogP contribution in [-0.4, -0.2) is 15.5 Å². The highest BCUT2D eigenvalue weighted by atomic mass is 32.2. The molecule has 0 aromatic heterocycles. The molecule has 20 heavy (non-hydrogen) atoms. The van der Waals surface area contributed by atoms with E-state index in [-0.39, 0.29) is 4.90 Å². The third-order valence-corrected chi connectivity index (χ3v) is 4.25. The molecule has 0 bridgehead atoms. The van der Waals surface area contributed by atoms with E-state index in [1.54, 1.807) is 18.2 Å². The van der Waals surface area contributed by atoms with Crippen molar-refractivity contribution in [3.8, 4) is 5.75 Å². The van der Waals surface area contributed by atoms with Crippen molar-refractivity contribution in [3.05, 3.63) is 58.3 Å². The van der Waals surface area contributed by atoms with E-state index >= 15 is 0 Å². The van der Waals surface area contributed by atoms with Gasteiger partial charge in [0.25, 0.3) is 0 Å². The highest BCUT2D eigenvalue weighted by Crippen LogP contribution is 2.31. The lowest BCUT2D eigenvalue weighted by Crippen LogP contribution is -1.98. The molecule has 0 N–H and O–H groups in total. The van der Waals surface area contributed by atoms with Gasteiger partial charge in [-0.15, -0.1) is 5.69 Å². The molecule has 0 aliphatic rings. The molecule has 2 aromatic rings. The molecule has 5 heteroatoms. The SMILES string of the molecule is COc1ccc(S(=O)(=O)[N-]c2cc(C)ccc2C)cc1. The van der Waals surface area contributed by atoms with E-state index in [4.69, 9.17) is 4.74 Å². The summed E-state index contributed by atoms with van der Waals surface area (Å²) in [5, 5.41) is 0. The summed E-state index contributed by atoms with van der Waals surface area (Å²) in [6.07, 6.45) is 0. The van der Waals surface area contributed by atoms with Gasteiger partial charge >= 0.3 is 0 Å². The predicted octanol–water partition coefficient (Wildman–Crippen LogP) is 3.71. The van der Waals surface area contributed by atoms with Gasteiger partial charge in [0.1, 0.15) is 15.8 Å². The van der Waals surface area contributed by atoms with Crippen molar-refractivity contribution in [1.29, 1.82) is 0 Å². The average molecular weight is 290 g/mol. The zero-order valence-corrected chi connectivity index (χ0v) is 12.4. The van der Waals surface area contributed by atoms with Crippen LogP contribution in [0.2, 0.25) is 0 Å². The number of ether oxygens (including phenoxy) is 1. The van der Waals surface area contributed by atoms with E-state index in [1.165, 1.54) is 19.2 Å². The Hall–Kier alpha value is -2.01. The second-order valence-electron chi connectivity index (χ2n) is 4.53. The molecule has 0 atom stereocenters. The Morgan fingerprint density at radius 3 is 2.25 bits per heavy atom. The number of aryl methyl sites for hydroxylation is 2. The number of hydrogen-bond acceptors (Lipinski definition) is 3. The van der Waals surface area contributed by atoms with E-state index in [0.29, 0.717) is 11.4 Å². The number of sulfonamides is 1. The van der Waals surface area contributed by atoms with Crippen LogP contribution in [0.5, 0.6) is 5.75 Å². The normalized spacial score (nSPS) is 11.2. The molecule has 2 aromatic carbocycles. The minimum atomic E-state index is -3.71. The first-order valence-corrected chi connectivity index (χ1v) is 7.56. The first-order chi connectivity index (χ1) is 9.42. The highest BCUT2D eigenvalue weighted by Gasteiger charge is 2.06. The molecule has 4 nitrogen and oxygen atoms in total. The second kappa shape index (κ2) is 5.54. The van der Waals surface area contributed by atoms with Crippen LogP contribution >= 0.6 is 0 Å². The Kier molecular flexibility index (Phi) is 3.99. The smallest absolute Gasteiger partial charge is 0.123 e. The number of rotatable bonds is 4. The molecule has 0 amide bonds. The molecule has 0 heterocycles. The van der Waals surface area contributed by atoms with E-state index in [0.717, 1.165) is 11.1 Å². The third-order valence-electron chi connectivity index (χ3n) is 2.94. The van der Waals surface area contributed by atoms with Gasteiger partial charge in [0.2, 0.25) is 0 Å². The van der Waals surface area contributed by atoms with Gasteiger partial charge in [-0.3, -0.25) is 0 Å². The molecule has 0 saturated carbocycles. The fourth-order valence-corrected chi connectivity index (χ4v) is 2.79. The molecule has 0 fully saturated rings. The number of nitrogens with zero attached hydrogens (tertiary/aromatic N) is 1. The molecule has 0 spiro atoms. The van der Waals surface area contributed by atoms with Gasteiger partial charge in [-0.25, -0.2) is 8.42 Å². The minimum absolute atomic E-state index is 0.152. The molecule has 0 radical (unpaired) electrons. The van der Waals surface area contributed by atoms with Crippen LogP contribution in [0, 0.1) is 13.8 Å². The predicted molar refractivity (Wildman–Crippen MR) is 79.1 cm³/mol. The highest BCUT2D eigenvalue weighted by molar-refractivity contribution is 7.94. The van der Waals surface area contributed by atoms with E-state index < -0.39 is 10.0 Å². The monoisotopic (exact) mass is 290 g/mol. The van der Waals surface area contributed by atoms with Gasteiger partial charge in [-0.1, -0.05) is 29.3 Å². The van der Waals surface area contributed by atoms with Crippen molar-refractivity contribution in [1.82, 2.24) is 0 Å². The summed E-state index contributed by atoms with van der Waals surface area (Å²) in [4.78, 5) is 0.152. The summed E-state index contributed by atoms with van der Waals surface area (Å²) in [5.41, 5.74) is 2.27. The summed E-state index contributed by atoms with van der Waals surface area (Å²) < 4.78 is 33.4. The van der Waals surface area contributed by atoms with Crippen LogP contribution in [0.3, 0.4) is 0 Å².